The van der Waals surface area contributed by atoms with Crippen molar-refractivity contribution in [2.24, 2.45) is 11.8 Å². The quantitative estimate of drug-likeness (QED) is 0.900. The first-order chi connectivity index (χ1) is 9.19. The summed E-state index contributed by atoms with van der Waals surface area (Å²) in [7, 11) is 0. The summed E-state index contributed by atoms with van der Waals surface area (Å²) in [6.45, 7) is 2.21. The highest BCUT2D eigenvalue weighted by Crippen LogP contribution is 2.24. The van der Waals surface area contributed by atoms with E-state index in [9.17, 15) is 10.1 Å². The minimum absolute atomic E-state index is 0.120. The molecule has 1 aliphatic rings. The van der Waals surface area contributed by atoms with Crippen molar-refractivity contribution in [2.45, 2.75) is 38.6 Å². The highest BCUT2D eigenvalue weighted by Gasteiger charge is 2.26. The fourth-order valence-corrected chi connectivity index (χ4v) is 2.69. The molecule has 100 valence electrons. The van der Waals surface area contributed by atoms with Gasteiger partial charge in [-0.05, 0) is 37.2 Å². The molecule has 1 aromatic carbocycles. The van der Waals surface area contributed by atoms with E-state index in [2.05, 4.69) is 18.3 Å². The number of benzene rings is 1. The number of amides is 1. The summed E-state index contributed by atoms with van der Waals surface area (Å²) in [6.07, 6.45) is 3.73. The van der Waals surface area contributed by atoms with Crippen LogP contribution < -0.4 is 5.32 Å². The van der Waals surface area contributed by atoms with E-state index >= 15 is 0 Å². The fraction of sp³-hybridized carbons (Fsp3) is 0.500. The lowest BCUT2D eigenvalue weighted by atomic mass is 9.99. The highest BCUT2D eigenvalue weighted by molar-refractivity contribution is 5.81. The molecule has 2 rings (SSSR count). The molecular formula is C16H20N2O. The Kier molecular flexibility index (Phi) is 4.57. The van der Waals surface area contributed by atoms with Crippen molar-refractivity contribution in [1.82, 2.24) is 5.32 Å². The van der Waals surface area contributed by atoms with Crippen LogP contribution in [0.2, 0.25) is 0 Å². The van der Waals surface area contributed by atoms with Crippen LogP contribution in [0.25, 0.3) is 0 Å². The van der Waals surface area contributed by atoms with E-state index in [-0.39, 0.29) is 11.9 Å². The molecular weight excluding hydrogens is 236 g/mol. The third-order valence-corrected chi connectivity index (χ3v) is 3.80. The van der Waals surface area contributed by atoms with Crippen molar-refractivity contribution in [1.29, 1.82) is 5.26 Å². The summed E-state index contributed by atoms with van der Waals surface area (Å²) in [5, 5.41) is 12.2. The van der Waals surface area contributed by atoms with E-state index in [4.69, 9.17) is 0 Å². The summed E-state index contributed by atoms with van der Waals surface area (Å²) < 4.78 is 0. The van der Waals surface area contributed by atoms with Crippen LogP contribution in [0, 0.1) is 23.2 Å². The Morgan fingerprint density at radius 1 is 1.42 bits per heavy atom. The normalized spacial score (nSPS) is 23.6. The minimum Gasteiger partial charge on any atom is -0.352 e. The standard InChI is InChI=1S/C16H20N2O/c1-12-7-8-15(9-12)18-16(19)14(11-17)10-13-5-3-2-4-6-13/h2-6,12,14-15H,7-10H2,1H3,(H,18,19). The second kappa shape index (κ2) is 6.38. The SMILES string of the molecule is CC1CCC(NC(=O)C(C#N)Cc2ccccc2)C1. The van der Waals surface area contributed by atoms with Gasteiger partial charge in [0.25, 0.3) is 0 Å². The number of carbonyl (C=O) groups is 1. The lowest BCUT2D eigenvalue weighted by Gasteiger charge is -2.15. The third-order valence-electron chi connectivity index (χ3n) is 3.80. The monoisotopic (exact) mass is 256 g/mol. The molecule has 1 saturated carbocycles. The van der Waals surface area contributed by atoms with Crippen LogP contribution in [0.5, 0.6) is 0 Å². The molecule has 1 N–H and O–H groups in total. The zero-order valence-electron chi connectivity index (χ0n) is 11.3. The summed E-state index contributed by atoms with van der Waals surface area (Å²) in [4.78, 5) is 12.1. The van der Waals surface area contributed by atoms with Crippen molar-refractivity contribution in [2.75, 3.05) is 0 Å². The smallest absolute Gasteiger partial charge is 0.237 e. The lowest BCUT2D eigenvalue weighted by Crippen LogP contribution is -2.37. The van der Waals surface area contributed by atoms with Gasteiger partial charge in [-0.2, -0.15) is 5.26 Å². The van der Waals surface area contributed by atoms with E-state index in [1.807, 2.05) is 30.3 Å². The molecule has 3 heteroatoms. The first kappa shape index (κ1) is 13.6. The Morgan fingerprint density at radius 3 is 2.74 bits per heavy atom. The molecule has 3 nitrogen and oxygen atoms in total. The van der Waals surface area contributed by atoms with Gasteiger partial charge in [0.05, 0.1) is 6.07 Å². The molecule has 1 aromatic rings. The van der Waals surface area contributed by atoms with Gasteiger partial charge >= 0.3 is 0 Å². The number of hydrogen-bond acceptors (Lipinski definition) is 2. The van der Waals surface area contributed by atoms with Gasteiger partial charge in [-0.25, -0.2) is 0 Å². The Hall–Kier alpha value is -1.82. The van der Waals surface area contributed by atoms with Crippen molar-refractivity contribution >= 4 is 5.91 Å². The Bertz CT molecular complexity index is 463. The Labute approximate surface area is 114 Å². The van der Waals surface area contributed by atoms with Crippen LogP contribution >= 0.6 is 0 Å². The van der Waals surface area contributed by atoms with Gasteiger partial charge in [0.1, 0.15) is 5.92 Å². The van der Waals surface area contributed by atoms with Gasteiger partial charge in [-0.3, -0.25) is 4.79 Å². The molecule has 3 atom stereocenters. The maximum Gasteiger partial charge on any atom is 0.237 e. The molecule has 0 saturated heterocycles. The second-order valence-electron chi connectivity index (χ2n) is 5.50. The molecule has 0 spiro atoms. The van der Waals surface area contributed by atoms with Crippen LogP contribution in [0.3, 0.4) is 0 Å². The topological polar surface area (TPSA) is 52.9 Å². The van der Waals surface area contributed by atoms with Crippen LogP contribution in [-0.4, -0.2) is 11.9 Å². The van der Waals surface area contributed by atoms with Crippen LogP contribution in [0.4, 0.5) is 0 Å². The summed E-state index contributed by atoms with van der Waals surface area (Å²) in [6, 6.07) is 12.1. The van der Waals surface area contributed by atoms with E-state index < -0.39 is 5.92 Å². The van der Waals surface area contributed by atoms with Crippen molar-refractivity contribution < 1.29 is 4.79 Å². The molecule has 1 aliphatic carbocycles. The zero-order chi connectivity index (χ0) is 13.7. The molecule has 19 heavy (non-hydrogen) atoms. The summed E-state index contributed by atoms with van der Waals surface area (Å²) in [5.74, 6) is -0.0243. The summed E-state index contributed by atoms with van der Waals surface area (Å²) >= 11 is 0. The first-order valence-corrected chi connectivity index (χ1v) is 6.93. The molecule has 0 radical (unpaired) electrons. The number of rotatable bonds is 4. The Balaban J connectivity index is 1.91. The number of nitriles is 1. The van der Waals surface area contributed by atoms with Gasteiger partial charge in [0.2, 0.25) is 5.91 Å². The predicted molar refractivity (Wildman–Crippen MR) is 74.2 cm³/mol. The molecule has 0 bridgehead atoms. The molecule has 0 aromatic heterocycles. The van der Waals surface area contributed by atoms with Gasteiger partial charge < -0.3 is 5.32 Å². The third kappa shape index (κ3) is 3.82. The van der Waals surface area contributed by atoms with Gasteiger partial charge in [-0.15, -0.1) is 0 Å². The second-order valence-corrected chi connectivity index (χ2v) is 5.50. The van der Waals surface area contributed by atoms with Crippen LogP contribution in [0.15, 0.2) is 30.3 Å². The molecule has 1 amide bonds. The fourth-order valence-electron chi connectivity index (χ4n) is 2.69. The van der Waals surface area contributed by atoms with E-state index in [1.54, 1.807) is 0 Å². The average Bonchev–Trinajstić information content (AvgIpc) is 2.82. The molecule has 3 unspecified atom stereocenters. The average molecular weight is 256 g/mol. The van der Waals surface area contributed by atoms with Gasteiger partial charge in [0, 0.05) is 6.04 Å². The summed E-state index contributed by atoms with van der Waals surface area (Å²) in [5.41, 5.74) is 1.03. The number of hydrogen-bond donors (Lipinski definition) is 1. The van der Waals surface area contributed by atoms with E-state index in [0.29, 0.717) is 12.3 Å². The predicted octanol–water partition coefficient (Wildman–Crippen LogP) is 2.67. The zero-order valence-corrected chi connectivity index (χ0v) is 11.3. The number of nitrogens with zero attached hydrogens (tertiary/aromatic N) is 1. The van der Waals surface area contributed by atoms with Crippen LogP contribution in [-0.2, 0) is 11.2 Å². The minimum atomic E-state index is -0.585. The number of carbonyl (C=O) groups excluding carboxylic acids is 1. The maximum absolute atomic E-state index is 12.1. The maximum atomic E-state index is 12.1. The first-order valence-electron chi connectivity index (χ1n) is 6.93. The molecule has 0 aliphatic heterocycles. The highest BCUT2D eigenvalue weighted by atomic mass is 16.1. The number of nitrogens with one attached hydrogen (secondary N) is 1. The largest absolute Gasteiger partial charge is 0.352 e. The van der Waals surface area contributed by atoms with Crippen molar-refractivity contribution in [3.05, 3.63) is 35.9 Å². The van der Waals surface area contributed by atoms with Crippen LogP contribution in [0.1, 0.15) is 31.7 Å². The van der Waals surface area contributed by atoms with Gasteiger partial charge in [0.15, 0.2) is 0 Å². The van der Waals surface area contributed by atoms with E-state index in [0.717, 1.165) is 18.4 Å². The van der Waals surface area contributed by atoms with Gasteiger partial charge in [-0.1, -0.05) is 37.3 Å². The van der Waals surface area contributed by atoms with Crippen molar-refractivity contribution in [3.63, 3.8) is 0 Å². The molecule has 1 fully saturated rings. The Morgan fingerprint density at radius 2 is 2.16 bits per heavy atom. The molecule has 0 heterocycles. The van der Waals surface area contributed by atoms with Crippen molar-refractivity contribution in [3.8, 4) is 6.07 Å². The van der Waals surface area contributed by atoms with E-state index in [1.165, 1.54) is 6.42 Å². The lowest BCUT2D eigenvalue weighted by molar-refractivity contribution is -0.124.